The molecule has 1 unspecified atom stereocenters. The van der Waals surface area contributed by atoms with Crippen LogP contribution in [0.1, 0.15) is 25.5 Å². The van der Waals surface area contributed by atoms with Gasteiger partial charge in [0.25, 0.3) is 0 Å². The van der Waals surface area contributed by atoms with Gasteiger partial charge in [-0.05, 0) is 17.7 Å². The van der Waals surface area contributed by atoms with Gasteiger partial charge in [0.05, 0.1) is 30.9 Å². The van der Waals surface area contributed by atoms with Gasteiger partial charge in [0.1, 0.15) is 0 Å². The molecule has 0 saturated carbocycles. The molecule has 0 aliphatic carbocycles. The Hall–Kier alpha value is -0.970. The predicted octanol–water partition coefficient (Wildman–Crippen LogP) is 2.80. The molecule has 1 N–H and O–H groups in total. The van der Waals surface area contributed by atoms with E-state index >= 15 is 0 Å². The summed E-state index contributed by atoms with van der Waals surface area (Å²) in [6, 6.07) is 3.90. The van der Waals surface area contributed by atoms with Crippen molar-refractivity contribution in [2.24, 2.45) is 5.41 Å². The molecule has 5 heteroatoms. The first-order chi connectivity index (χ1) is 9.55. The van der Waals surface area contributed by atoms with E-state index in [2.05, 4.69) is 19.2 Å². The molecular weight excluding hydrogens is 278 g/mol. The maximum atomic E-state index is 6.35. The first kappa shape index (κ1) is 14.0. The summed E-state index contributed by atoms with van der Waals surface area (Å²) in [6.07, 6.45) is 0.0198. The summed E-state index contributed by atoms with van der Waals surface area (Å²) in [5.74, 6) is 1.36. The van der Waals surface area contributed by atoms with Crippen LogP contribution < -0.4 is 14.8 Å². The van der Waals surface area contributed by atoms with E-state index in [-0.39, 0.29) is 11.5 Å². The Kier molecular flexibility index (Phi) is 3.80. The lowest BCUT2D eigenvalue weighted by Crippen LogP contribution is -2.33. The highest BCUT2D eigenvalue weighted by Crippen LogP contribution is 2.41. The third kappa shape index (κ3) is 2.87. The molecule has 0 amide bonds. The maximum Gasteiger partial charge on any atom is 0.179 e. The molecule has 1 aromatic carbocycles. The van der Waals surface area contributed by atoms with E-state index in [9.17, 15) is 0 Å². The highest BCUT2D eigenvalue weighted by Gasteiger charge is 2.28. The fraction of sp³-hybridized carbons (Fsp3) is 0.600. The highest BCUT2D eigenvalue weighted by molar-refractivity contribution is 6.32. The zero-order valence-electron chi connectivity index (χ0n) is 11.9. The van der Waals surface area contributed by atoms with Gasteiger partial charge in [0.15, 0.2) is 11.5 Å². The van der Waals surface area contributed by atoms with Gasteiger partial charge in [-0.1, -0.05) is 25.4 Å². The van der Waals surface area contributed by atoms with Crippen LogP contribution in [0.25, 0.3) is 0 Å². The second kappa shape index (κ2) is 5.43. The smallest absolute Gasteiger partial charge is 0.179 e. The number of fused-ring (bicyclic) bond motifs is 1. The number of hydrogen-bond acceptors (Lipinski definition) is 4. The average molecular weight is 298 g/mol. The first-order valence-electron chi connectivity index (χ1n) is 6.96. The number of morpholine rings is 1. The van der Waals surface area contributed by atoms with Gasteiger partial charge in [-0.3, -0.25) is 0 Å². The molecule has 0 spiro atoms. The molecule has 1 aromatic rings. The summed E-state index contributed by atoms with van der Waals surface area (Å²) in [6.45, 7) is 7.84. The third-order valence-corrected chi connectivity index (χ3v) is 3.84. The lowest BCUT2D eigenvalue weighted by atomic mass is 9.97. The SMILES string of the molecule is CC1(C)COc2cc(C3CNCCO3)cc(Cl)c2OC1. The standard InChI is InChI=1S/C15H20ClNO3/c1-15(2)8-19-12-6-10(13-7-17-3-4-18-13)5-11(16)14(12)20-9-15/h5-6,13,17H,3-4,7-9H2,1-2H3. The highest BCUT2D eigenvalue weighted by atomic mass is 35.5. The number of nitrogens with one attached hydrogen (secondary N) is 1. The van der Waals surface area contributed by atoms with Gasteiger partial charge >= 0.3 is 0 Å². The van der Waals surface area contributed by atoms with Gasteiger partial charge < -0.3 is 19.5 Å². The van der Waals surface area contributed by atoms with Crippen molar-refractivity contribution in [3.05, 3.63) is 22.7 Å². The normalized spacial score (nSPS) is 25.1. The molecule has 2 aliphatic rings. The van der Waals surface area contributed by atoms with Crippen molar-refractivity contribution in [3.63, 3.8) is 0 Å². The predicted molar refractivity (Wildman–Crippen MR) is 77.8 cm³/mol. The fourth-order valence-corrected chi connectivity index (χ4v) is 2.66. The van der Waals surface area contributed by atoms with Crippen LogP contribution in [-0.4, -0.2) is 32.9 Å². The van der Waals surface area contributed by atoms with Gasteiger partial charge in [-0.15, -0.1) is 0 Å². The largest absolute Gasteiger partial charge is 0.489 e. The van der Waals surface area contributed by atoms with Gasteiger partial charge in [0, 0.05) is 18.5 Å². The van der Waals surface area contributed by atoms with E-state index < -0.39 is 0 Å². The minimum atomic E-state index is -0.0224. The number of hydrogen-bond donors (Lipinski definition) is 1. The van der Waals surface area contributed by atoms with E-state index in [0.717, 1.165) is 18.7 Å². The summed E-state index contributed by atoms with van der Waals surface area (Å²) >= 11 is 6.35. The Morgan fingerprint density at radius 3 is 2.80 bits per heavy atom. The van der Waals surface area contributed by atoms with Gasteiger partial charge in [-0.2, -0.15) is 0 Å². The van der Waals surface area contributed by atoms with Gasteiger partial charge in [0.2, 0.25) is 0 Å². The number of halogens is 1. The van der Waals surface area contributed by atoms with Crippen molar-refractivity contribution in [3.8, 4) is 11.5 Å². The van der Waals surface area contributed by atoms with E-state index in [1.807, 2.05) is 12.1 Å². The molecule has 2 aliphatic heterocycles. The summed E-state index contributed by atoms with van der Waals surface area (Å²) in [5, 5.41) is 3.91. The van der Waals surface area contributed by atoms with Crippen LogP contribution in [0.15, 0.2) is 12.1 Å². The van der Waals surface area contributed by atoms with E-state index in [1.165, 1.54) is 0 Å². The third-order valence-electron chi connectivity index (χ3n) is 3.56. The summed E-state index contributed by atoms with van der Waals surface area (Å²) in [7, 11) is 0. The summed E-state index contributed by atoms with van der Waals surface area (Å²) < 4.78 is 17.5. The van der Waals surface area contributed by atoms with E-state index in [4.69, 9.17) is 25.8 Å². The van der Waals surface area contributed by atoms with Crippen LogP contribution >= 0.6 is 11.6 Å². The zero-order valence-corrected chi connectivity index (χ0v) is 12.6. The number of benzene rings is 1. The molecule has 4 nitrogen and oxygen atoms in total. The lowest BCUT2D eigenvalue weighted by molar-refractivity contribution is 0.0275. The van der Waals surface area contributed by atoms with Crippen LogP contribution in [0, 0.1) is 5.41 Å². The molecule has 1 atom stereocenters. The Labute approximate surface area is 124 Å². The van der Waals surface area contributed by atoms with Gasteiger partial charge in [-0.25, -0.2) is 0 Å². The van der Waals surface area contributed by atoms with Crippen molar-refractivity contribution < 1.29 is 14.2 Å². The molecule has 20 heavy (non-hydrogen) atoms. The monoisotopic (exact) mass is 297 g/mol. The molecule has 110 valence electrons. The molecular formula is C15H20ClNO3. The number of ether oxygens (including phenoxy) is 3. The van der Waals surface area contributed by atoms with Crippen molar-refractivity contribution in [2.45, 2.75) is 20.0 Å². The van der Waals surface area contributed by atoms with Crippen molar-refractivity contribution in [2.75, 3.05) is 32.9 Å². The molecule has 0 bridgehead atoms. The Morgan fingerprint density at radius 2 is 2.05 bits per heavy atom. The molecule has 3 rings (SSSR count). The zero-order chi connectivity index (χ0) is 14.2. The maximum absolute atomic E-state index is 6.35. The first-order valence-corrected chi connectivity index (χ1v) is 7.34. The van der Waals surface area contributed by atoms with E-state index in [0.29, 0.717) is 36.3 Å². The van der Waals surface area contributed by atoms with Crippen LogP contribution in [0.4, 0.5) is 0 Å². The van der Waals surface area contributed by atoms with Crippen LogP contribution in [0.5, 0.6) is 11.5 Å². The fourth-order valence-electron chi connectivity index (χ4n) is 2.38. The van der Waals surface area contributed by atoms with Crippen LogP contribution in [0.2, 0.25) is 5.02 Å². The lowest BCUT2D eigenvalue weighted by Gasteiger charge is -2.24. The minimum absolute atomic E-state index is 0.0198. The minimum Gasteiger partial charge on any atom is -0.489 e. The van der Waals surface area contributed by atoms with Crippen LogP contribution in [0.3, 0.4) is 0 Å². The molecule has 1 fully saturated rings. The van der Waals surface area contributed by atoms with E-state index in [1.54, 1.807) is 0 Å². The van der Waals surface area contributed by atoms with Crippen molar-refractivity contribution in [1.29, 1.82) is 0 Å². The summed E-state index contributed by atoms with van der Waals surface area (Å²) in [5.41, 5.74) is 1.01. The Morgan fingerprint density at radius 1 is 1.25 bits per heavy atom. The molecule has 1 saturated heterocycles. The molecule has 0 aromatic heterocycles. The Bertz CT molecular complexity index is 498. The summed E-state index contributed by atoms with van der Waals surface area (Å²) in [4.78, 5) is 0. The number of rotatable bonds is 1. The topological polar surface area (TPSA) is 39.7 Å². The molecule has 2 heterocycles. The second-order valence-electron chi connectivity index (χ2n) is 6.14. The van der Waals surface area contributed by atoms with Crippen LogP contribution in [-0.2, 0) is 4.74 Å². The Balaban J connectivity index is 1.90. The average Bonchev–Trinajstić information content (AvgIpc) is 2.59. The van der Waals surface area contributed by atoms with Crippen molar-refractivity contribution >= 4 is 11.6 Å². The molecule has 0 radical (unpaired) electrons. The second-order valence-corrected chi connectivity index (χ2v) is 6.54. The van der Waals surface area contributed by atoms with Crippen molar-refractivity contribution in [1.82, 2.24) is 5.32 Å². The quantitative estimate of drug-likeness (QED) is 0.865.